The highest BCUT2D eigenvalue weighted by molar-refractivity contribution is 5.87. The van der Waals surface area contributed by atoms with Gasteiger partial charge in [-0.1, -0.05) is 36.1 Å². The van der Waals surface area contributed by atoms with E-state index in [4.69, 9.17) is 5.11 Å². The first-order chi connectivity index (χ1) is 15.8. The molecule has 1 N–H and O–H groups in total. The maximum absolute atomic E-state index is 13.1. The molecule has 0 unspecified atom stereocenters. The van der Waals surface area contributed by atoms with Gasteiger partial charge in [-0.05, 0) is 53.6 Å². The number of rotatable bonds is 4. The van der Waals surface area contributed by atoms with Crippen LogP contribution in [0.2, 0.25) is 0 Å². The molecule has 4 aromatic rings. The van der Waals surface area contributed by atoms with Crippen LogP contribution in [0.3, 0.4) is 0 Å². The van der Waals surface area contributed by atoms with Crippen molar-refractivity contribution >= 4 is 16.9 Å². The van der Waals surface area contributed by atoms with E-state index in [0.29, 0.717) is 28.5 Å². The quantitative estimate of drug-likeness (QED) is 0.493. The number of fused-ring (bicyclic) bond motifs is 1. The Bertz CT molecular complexity index is 1540. The van der Waals surface area contributed by atoms with Crippen molar-refractivity contribution in [2.24, 2.45) is 7.05 Å². The Balaban J connectivity index is 1.68. The topological polar surface area (TPSA) is 81.3 Å². The Kier molecular flexibility index (Phi) is 5.92. The van der Waals surface area contributed by atoms with Gasteiger partial charge < -0.3 is 5.11 Å². The third kappa shape index (κ3) is 4.60. The molecule has 0 aliphatic carbocycles. The van der Waals surface area contributed by atoms with Gasteiger partial charge in [-0.3, -0.25) is 13.9 Å². The lowest BCUT2D eigenvalue weighted by atomic mass is 10.1. The third-order valence-electron chi connectivity index (χ3n) is 5.33. The molecule has 0 fully saturated rings. The van der Waals surface area contributed by atoms with Crippen molar-refractivity contribution < 1.29 is 14.3 Å². The summed E-state index contributed by atoms with van der Waals surface area (Å²) in [6.07, 6.45) is 0.433. The fourth-order valence-corrected chi connectivity index (χ4v) is 3.52. The maximum Gasteiger partial charge on any atom is 0.335 e. The van der Waals surface area contributed by atoms with E-state index in [1.54, 1.807) is 49.5 Å². The number of carboxylic acid groups (broad SMARTS) is 1. The van der Waals surface area contributed by atoms with E-state index >= 15 is 0 Å². The van der Waals surface area contributed by atoms with Crippen LogP contribution in [0.1, 0.15) is 27.0 Å². The summed E-state index contributed by atoms with van der Waals surface area (Å²) in [7, 11) is 1.59. The minimum atomic E-state index is -1.05. The first kappa shape index (κ1) is 21.8. The zero-order valence-corrected chi connectivity index (χ0v) is 17.7. The highest BCUT2D eigenvalue weighted by atomic mass is 19.1. The molecule has 0 saturated heterocycles. The number of carbonyl (C=O) groups is 1. The maximum atomic E-state index is 13.1. The summed E-state index contributed by atoms with van der Waals surface area (Å²) < 4.78 is 15.5. The monoisotopic (exact) mass is 442 g/mol. The van der Waals surface area contributed by atoms with Crippen LogP contribution < -0.4 is 11.2 Å². The van der Waals surface area contributed by atoms with Crippen LogP contribution in [0.25, 0.3) is 10.9 Å². The molecule has 0 aliphatic heterocycles. The van der Waals surface area contributed by atoms with Crippen LogP contribution in [0, 0.1) is 17.7 Å². The summed E-state index contributed by atoms with van der Waals surface area (Å²) in [6, 6.07) is 17.2. The molecule has 0 bridgehead atoms. The van der Waals surface area contributed by atoms with Crippen molar-refractivity contribution in [3.63, 3.8) is 0 Å². The van der Waals surface area contributed by atoms with Crippen molar-refractivity contribution in [1.29, 1.82) is 0 Å². The average Bonchev–Trinajstić information content (AvgIpc) is 2.82. The zero-order valence-electron chi connectivity index (χ0n) is 17.7. The van der Waals surface area contributed by atoms with Gasteiger partial charge in [0.05, 0.1) is 23.0 Å². The average molecular weight is 442 g/mol. The van der Waals surface area contributed by atoms with Crippen molar-refractivity contribution in [3.8, 4) is 11.8 Å². The fraction of sp³-hybridized carbons (Fsp3) is 0.115. The van der Waals surface area contributed by atoms with Crippen molar-refractivity contribution in [2.45, 2.75) is 13.0 Å². The summed E-state index contributed by atoms with van der Waals surface area (Å²) in [4.78, 5) is 37.0. The van der Waals surface area contributed by atoms with Gasteiger partial charge in [0.2, 0.25) is 0 Å². The highest BCUT2D eigenvalue weighted by Crippen LogP contribution is 2.12. The first-order valence-corrected chi connectivity index (χ1v) is 10.1. The molecule has 164 valence electrons. The number of carboxylic acids is 1. The molecular weight excluding hydrogens is 423 g/mol. The number of hydrogen-bond donors (Lipinski definition) is 1. The molecule has 6 nitrogen and oxygen atoms in total. The molecule has 0 amide bonds. The Hall–Kier alpha value is -4.44. The number of aromatic carboxylic acids is 1. The standard InChI is InChI=1S/C26H19FN2O4/c1-28-23-14-9-18(4-2-3-17-7-12-21(27)13-8-17)15-22(23)24(30)29(26(28)33)16-19-5-10-20(11-6-19)25(31)32/h5-15H,3,16H2,1H3,(H,31,32). The smallest absolute Gasteiger partial charge is 0.335 e. The second kappa shape index (κ2) is 8.97. The van der Waals surface area contributed by atoms with Crippen LogP contribution >= 0.6 is 0 Å². The van der Waals surface area contributed by atoms with Gasteiger partial charge >= 0.3 is 11.7 Å². The lowest BCUT2D eigenvalue weighted by Gasteiger charge is -2.11. The molecule has 33 heavy (non-hydrogen) atoms. The van der Waals surface area contributed by atoms with Gasteiger partial charge in [0.1, 0.15) is 5.82 Å². The van der Waals surface area contributed by atoms with E-state index in [2.05, 4.69) is 11.8 Å². The predicted octanol–water partition coefficient (Wildman–Crippen LogP) is 3.18. The van der Waals surface area contributed by atoms with E-state index < -0.39 is 17.2 Å². The molecule has 4 rings (SSSR count). The number of aromatic nitrogens is 2. The van der Waals surface area contributed by atoms with E-state index in [1.165, 1.54) is 28.8 Å². The van der Waals surface area contributed by atoms with Gasteiger partial charge in [-0.25, -0.2) is 14.0 Å². The minimum absolute atomic E-state index is 0.0157. The first-order valence-electron chi connectivity index (χ1n) is 10.1. The molecule has 0 spiro atoms. The molecule has 0 aliphatic rings. The molecule has 0 radical (unpaired) electrons. The van der Waals surface area contributed by atoms with Gasteiger partial charge in [-0.2, -0.15) is 0 Å². The molecular formula is C26H19FN2O4. The normalized spacial score (nSPS) is 10.6. The molecule has 7 heteroatoms. The van der Waals surface area contributed by atoms with Crippen LogP contribution in [-0.4, -0.2) is 20.2 Å². The third-order valence-corrected chi connectivity index (χ3v) is 5.33. The van der Waals surface area contributed by atoms with Gasteiger partial charge in [-0.15, -0.1) is 0 Å². The highest BCUT2D eigenvalue weighted by Gasteiger charge is 2.12. The Morgan fingerprint density at radius 1 is 0.970 bits per heavy atom. The second-order valence-electron chi connectivity index (χ2n) is 7.57. The van der Waals surface area contributed by atoms with Crippen LogP contribution in [0.15, 0.2) is 76.3 Å². The van der Waals surface area contributed by atoms with E-state index in [1.807, 2.05) is 0 Å². The number of benzene rings is 3. The van der Waals surface area contributed by atoms with Crippen LogP contribution in [0.5, 0.6) is 0 Å². The van der Waals surface area contributed by atoms with Crippen LogP contribution in [-0.2, 0) is 20.0 Å². The SMILES string of the molecule is Cn1c(=O)n(Cc2ccc(C(=O)O)cc2)c(=O)c2cc(C#CCc3ccc(F)cc3)ccc21. The van der Waals surface area contributed by atoms with Gasteiger partial charge in [0, 0.05) is 19.0 Å². The van der Waals surface area contributed by atoms with Gasteiger partial charge in [0.15, 0.2) is 0 Å². The predicted molar refractivity (Wildman–Crippen MR) is 123 cm³/mol. The van der Waals surface area contributed by atoms with E-state index in [9.17, 15) is 18.8 Å². The molecule has 1 heterocycles. The molecule has 0 saturated carbocycles. The van der Waals surface area contributed by atoms with Crippen molar-refractivity contribution in [1.82, 2.24) is 9.13 Å². The second-order valence-corrected chi connectivity index (χ2v) is 7.57. The van der Waals surface area contributed by atoms with Crippen LogP contribution in [0.4, 0.5) is 4.39 Å². The largest absolute Gasteiger partial charge is 0.478 e. The summed E-state index contributed by atoms with van der Waals surface area (Å²) in [5, 5.41) is 9.39. The Morgan fingerprint density at radius 3 is 2.30 bits per heavy atom. The molecule has 0 atom stereocenters. The summed E-state index contributed by atoms with van der Waals surface area (Å²) in [6.45, 7) is 0.0157. The van der Waals surface area contributed by atoms with Crippen molar-refractivity contribution in [3.05, 3.63) is 116 Å². The minimum Gasteiger partial charge on any atom is -0.478 e. The number of aryl methyl sites for hydroxylation is 1. The summed E-state index contributed by atoms with van der Waals surface area (Å²) >= 11 is 0. The number of nitrogens with zero attached hydrogens (tertiary/aromatic N) is 2. The lowest BCUT2D eigenvalue weighted by Crippen LogP contribution is -2.39. The summed E-state index contributed by atoms with van der Waals surface area (Å²) in [5.74, 6) is 4.68. The van der Waals surface area contributed by atoms with E-state index in [-0.39, 0.29) is 17.9 Å². The fourth-order valence-electron chi connectivity index (χ4n) is 3.52. The molecule has 3 aromatic carbocycles. The Morgan fingerprint density at radius 2 is 1.64 bits per heavy atom. The zero-order chi connectivity index (χ0) is 23.5. The van der Waals surface area contributed by atoms with Crippen molar-refractivity contribution in [2.75, 3.05) is 0 Å². The Labute approximate surface area is 188 Å². The number of hydrogen-bond acceptors (Lipinski definition) is 3. The number of halogens is 1. The lowest BCUT2D eigenvalue weighted by molar-refractivity contribution is 0.0697. The summed E-state index contributed by atoms with van der Waals surface area (Å²) in [5.41, 5.74) is 1.84. The van der Waals surface area contributed by atoms with Gasteiger partial charge in [0.25, 0.3) is 5.56 Å². The van der Waals surface area contributed by atoms with E-state index in [0.717, 1.165) is 10.1 Å². The molecule has 1 aromatic heterocycles.